The average molecular weight is 463 g/mol. The van der Waals surface area contributed by atoms with Crippen molar-refractivity contribution < 1.29 is 58.1 Å². The molecule has 0 heterocycles. The van der Waals surface area contributed by atoms with Gasteiger partial charge in [0, 0.05) is 11.9 Å². The summed E-state index contributed by atoms with van der Waals surface area (Å²) >= 11 is 3.08. The molecule has 14 heteroatoms. The number of hydrogen-bond donors (Lipinski definition) is 0. The quantitative estimate of drug-likeness (QED) is 0.213. The average Bonchev–Trinajstić information content (AvgIpc) is 2.40. The third-order valence-electron chi connectivity index (χ3n) is 2.33. The van der Waals surface area contributed by atoms with Crippen LogP contribution in [0.25, 0.3) is 0 Å². The van der Waals surface area contributed by atoms with Crippen molar-refractivity contribution in [2.24, 2.45) is 0 Å². The fourth-order valence-corrected chi connectivity index (χ4v) is 1.61. The lowest BCUT2D eigenvalue weighted by molar-refractivity contribution is -0.521. The normalized spacial score (nSPS) is 14.4. The Balaban J connectivity index is 4.68. The molecule has 0 aliphatic rings. The SMILES string of the molecule is FC(F)C(F)(F)OC(F)(F)C(F)(F)OC(F)(F)COCCCCCBr. The van der Waals surface area contributed by atoms with E-state index in [-0.39, 0.29) is 13.0 Å². The Hall–Kier alpha value is -0.340. The number of rotatable bonds is 13. The Bertz CT molecular complexity index is 394. The summed E-state index contributed by atoms with van der Waals surface area (Å²) in [6.07, 6.45) is -27.3. The van der Waals surface area contributed by atoms with Crippen molar-refractivity contribution >= 4 is 15.9 Å². The molecular weight excluding hydrogens is 450 g/mol. The minimum absolute atomic E-state index is 0.248. The van der Waals surface area contributed by atoms with E-state index in [0.717, 1.165) is 0 Å². The molecule has 25 heavy (non-hydrogen) atoms. The second kappa shape index (κ2) is 9.55. The van der Waals surface area contributed by atoms with Crippen LogP contribution in [0.4, 0.5) is 43.9 Å². The summed E-state index contributed by atoms with van der Waals surface area (Å²) in [7, 11) is 0. The fraction of sp³-hybridized carbons (Fsp3) is 1.00. The van der Waals surface area contributed by atoms with Crippen molar-refractivity contribution in [3.63, 3.8) is 0 Å². The number of alkyl halides is 11. The summed E-state index contributed by atoms with van der Waals surface area (Å²) in [6, 6.07) is 0. The van der Waals surface area contributed by atoms with Gasteiger partial charge < -0.3 is 4.74 Å². The number of unbranched alkanes of at least 4 members (excludes halogenated alkanes) is 2. The highest BCUT2D eigenvalue weighted by atomic mass is 79.9. The largest absolute Gasteiger partial charge is 0.453 e. The van der Waals surface area contributed by atoms with E-state index in [4.69, 9.17) is 0 Å². The van der Waals surface area contributed by atoms with Crippen LogP contribution in [0.5, 0.6) is 0 Å². The van der Waals surface area contributed by atoms with E-state index in [1.54, 1.807) is 0 Å². The Labute approximate surface area is 143 Å². The first-order valence-electron chi connectivity index (χ1n) is 6.50. The van der Waals surface area contributed by atoms with Crippen molar-refractivity contribution in [1.29, 1.82) is 0 Å². The van der Waals surface area contributed by atoms with Crippen molar-refractivity contribution in [1.82, 2.24) is 0 Å². The first kappa shape index (κ1) is 24.7. The summed E-state index contributed by atoms with van der Waals surface area (Å²) in [4.78, 5) is 0. The Morgan fingerprint density at radius 3 is 1.76 bits per heavy atom. The van der Waals surface area contributed by atoms with Gasteiger partial charge in [0.15, 0.2) is 0 Å². The lowest BCUT2D eigenvalue weighted by Crippen LogP contribution is -2.53. The van der Waals surface area contributed by atoms with Gasteiger partial charge in [-0.25, -0.2) is 18.3 Å². The highest BCUT2D eigenvalue weighted by molar-refractivity contribution is 9.09. The molecule has 0 aliphatic heterocycles. The molecule has 0 aliphatic carbocycles. The lowest BCUT2D eigenvalue weighted by Gasteiger charge is -2.30. The van der Waals surface area contributed by atoms with Gasteiger partial charge in [0.05, 0.1) is 0 Å². The zero-order valence-electron chi connectivity index (χ0n) is 12.2. The number of halogens is 11. The number of ether oxygens (including phenoxy) is 3. The fourth-order valence-electron chi connectivity index (χ4n) is 1.22. The predicted molar refractivity (Wildman–Crippen MR) is 66.4 cm³/mol. The molecule has 0 rings (SSSR count). The Kier molecular flexibility index (Phi) is 9.42. The first-order valence-corrected chi connectivity index (χ1v) is 7.62. The molecule has 0 bridgehead atoms. The van der Waals surface area contributed by atoms with Gasteiger partial charge in [0.25, 0.3) is 0 Å². The van der Waals surface area contributed by atoms with Gasteiger partial charge >= 0.3 is 30.9 Å². The highest BCUT2D eigenvalue weighted by Gasteiger charge is 2.68. The standard InChI is InChI=1S/C11H13BrF10O3/c12-4-2-1-3-5-23-6-8(15,16)24-10(19,20)11(21,22)25-9(17,18)7(13)14/h7H,1-6H2. The first-order chi connectivity index (χ1) is 11.2. The van der Waals surface area contributed by atoms with E-state index < -0.39 is 37.5 Å². The molecule has 0 saturated heterocycles. The molecule has 0 amide bonds. The molecule has 0 unspecified atom stereocenters. The zero-order valence-corrected chi connectivity index (χ0v) is 13.8. The molecule has 0 fully saturated rings. The van der Waals surface area contributed by atoms with Crippen LogP contribution in [0.1, 0.15) is 19.3 Å². The molecular formula is C11H13BrF10O3. The molecule has 0 aromatic heterocycles. The summed E-state index contributed by atoms with van der Waals surface area (Å²) in [5.41, 5.74) is 0. The highest BCUT2D eigenvalue weighted by Crippen LogP contribution is 2.44. The van der Waals surface area contributed by atoms with E-state index >= 15 is 0 Å². The van der Waals surface area contributed by atoms with Crippen LogP contribution in [-0.4, -0.2) is 49.4 Å². The van der Waals surface area contributed by atoms with Crippen LogP contribution in [0, 0.1) is 0 Å². The number of hydrogen-bond acceptors (Lipinski definition) is 3. The predicted octanol–water partition coefficient (Wildman–Crippen LogP) is 5.24. The van der Waals surface area contributed by atoms with E-state index in [0.29, 0.717) is 18.2 Å². The molecule has 0 radical (unpaired) electrons. The molecule has 0 saturated carbocycles. The molecule has 0 N–H and O–H groups in total. The van der Waals surface area contributed by atoms with Gasteiger partial charge in [-0.3, -0.25) is 0 Å². The Morgan fingerprint density at radius 1 is 0.760 bits per heavy atom. The van der Waals surface area contributed by atoms with Gasteiger partial charge in [-0.1, -0.05) is 22.4 Å². The smallest absolute Gasteiger partial charge is 0.372 e. The summed E-state index contributed by atoms with van der Waals surface area (Å²) in [6.45, 7) is -2.23. The monoisotopic (exact) mass is 462 g/mol. The van der Waals surface area contributed by atoms with Crippen LogP contribution < -0.4 is 0 Å². The van der Waals surface area contributed by atoms with Crippen LogP contribution in [0.2, 0.25) is 0 Å². The van der Waals surface area contributed by atoms with Crippen LogP contribution in [0.3, 0.4) is 0 Å². The topological polar surface area (TPSA) is 27.7 Å². The second-order valence-electron chi connectivity index (χ2n) is 4.54. The third-order valence-corrected chi connectivity index (χ3v) is 2.89. The van der Waals surface area contributed by atoms with Gasteiger partial charge in [-0.05, 0) is 12.8 Å². The summed E-state index contributed by atoms with van der Waals surface area (Å²) < 4.78 is 134. The van der Waals surface area contributed by atoms with Crippen LogP contribution in [-0.2, 0) is 14.2 Å². The molecule has 3 nitrogen and oxygen atoms in total. The molecule has 0 spiro atoms. The van der Waals surface area contributed by atoms with E-state index in [9.17, 15) is 43.9 Å². The van der Waals surface area contributed by atoms with Crippen molar-refractivity contribution in [2.75, 3.05) is 18.5 Å². The summed E-state index contributed by atoms with van der Waals surface area (Å²) in [5, 5.41) is 0.622. The maximum atomic E-state index is 13.1. The molecule has 0 aromatic rings. The van der Waals surface area contributed by atoms with E-state index in [2.05, 4.69) is 25.4 Å². The second-order valence-corrected chi connectivity index (χ2v) is 5.33. The minimum Gasteiger partial charge on any atom is -0.372 e. The van der Waals surface area contributed by atoms with Crippen molar-refractivity contribution in [3.8, 4) is 0 Å². The van der Waals surface area contributed by atoms with E-state index in [1.165, 1.54) is 0 Å². The Morgan fingerprint density at radius 2 is 1.28 bits per heavy atom. The third kappa shape index (κ3) is 8.73. The van der Waals surface area contributed by atoms with Gasteiger partial charge in [0.1, 0.15) is 6.61 Å². The molecule has 0 aromatic carbocycles. The summed E-state index contributed by atoms with van der Waals surface area (Å²) in [5.74, 6) is 0. The zero-order chi connectivity index (χ0) is 19.9. The van der Waals surface area contributed by atoms with Crippen molar-refractivity contribution in [2.45, 2.75) is 50.1 Å². The van der Waals surface area contributed by atoms with Gasteiger partial charge in [-0.2, -0.15) is 35.1 Å². The maximum absolute atomic E-state index is 13.1. The molecule has 152 valence electrons. The minimum atomic E-state index is -6.47. The van der Waals surface area contributed by atoms with Gasteiger partial charge in [0.2, 0.25) is 0 Å². The lowest BCUT2D eigenvalue weighted by atomic mass is 10.3. The van der Waals surface area contributed by atoms with E-state index in [1.807, 2.05) is 4.74 Å². The maximum Gasteiger partial charge on any atom is 0.453 e. The molecule has 0 atom stereocenters. The van der Waals surface area contributed by atoms with Crippen molar-refractivity contribution in [3.05, 3.63) is 0 Å². The van der Waals surface area contributed by atoms with Crippen LogP contribution >= 0.6 is 15.9 Å². The van der Waals surface area contributed by atoms with Gasteiger partial charge in [-0.15, -0.1) is 0 Å². The van der Waals surface area contributed by atoms with Crippen LogP contribution in [0.15, 0.2) is 0 Å².